The number of halogens is 3. The molecule has 114 valence electrons. The molecule has 1 aromatic heterocycles. The van der Waals surface area contributed by atoms with Gasteiger partial charge < -0.3 is 9.73 Å². The summed E-state index contributed by atoms with van der Waals surface area (Å²) in [6.45, 7) is 0.472. The summed E-state index contributed by atoms with van der Waals surface area (Å²) in [7, 11) is -3.35. The van der Waals surface area contributed by atoms with E-state index >= 15 is 0 Å². The highest BCUT2D eigenvalue weighted by Gasteiger charge is 2.08. The van der Waals surface area contributed by atoms with Crippen LogP contribution in [-0.4, -0.2) is 14.7 Å². The summed E-state index contributed by atoms with van der Waals surface area (Å²) in [5, 5.41) is 3.45. The molecule has 0 aliphatic rings. The van der Waals surface area contributed by atoms with Crippen LogP contribution in [0.4, 0.5) is 11.4 Å². The average molecular weight is 459 g/mol. The third kappa shape index (κ3) is 4.91. The van der Waals surface area contributed by atoms with Crippen LogP contribution in [0.3, 0.4) is 0 Å². The Hall–Kier alpha value is -0.700. The van der Waals surface area contributed by atoms with Crippen molar-refractivity contribution in [3.63, 3.8) is 0 Å². The molecule has 2 aromatic rings. The van der Waals surface area contributed by atoms with E-state index in [1.54, 1.807) is 18.2 Å². The van der Waals surface area contributed by atoms with Crippen molar-refractivity contribution in [1.82, 2.24) is 0 Å². The number of hydrogen-bond donors (Lipinski definition) is 2. The molecular formula is C12H11Br2ClN2O3S. The fourth-order valence-corrected chi connectivity index (χ4v) is 3.10. The Morgan fingerprint density at radius 2 is 2.00 bits per heavy atom. The number of rotatable bonds is 5. The Morgan fingerprint density at radius 1 is 1.29 bits per heavy atom. The molecule has 0 unspecified atom stereocenters. The minimum absolute atomic E-state index is 0.312. The van der Waals surface area contributed by atoms with Gasteiger partial charge in [0.2, 0.25) is 10.0 Å². The first-order chi connectivity index (χ1) is 9.74. The van der Waals surface area contributed by atoms with Crippen LogP contribution in [0.1, 0.15) is 5.76 Å². The molecule has 9 heteroatoms. The van der Waals surface area contributed by atoms with Crippen molar-refractivity contribution in [2.45, 2.75) is 6.54 Å². The molecule has 0 aliphatic heterocycles. The molecule has 0 saturated heterocycles. The maximum absolute atomic E-state index is 11.2. The maximum atomic E-state index is 11.2. The van der Waals surface area contributed by atoms with Crippen molar-refractivity contribution >= 4 is 64.9 Å². The third-order valence-electron chi connectivity index (χ3n) is 2.43. The molecule has 1 heterocycles. The summed E-state index contributed by atoms with van der Waals surface area (Å²) in [4.78, 5) is 0. The van der Waals surface area contributed by atoms with Crippen LogP contribution in [0, 0.1) is 0 Å². The van der Waals surface area contributed by atoms with Gasteiger partial charge in [-0.1, -0.05) is 11.6 Å². The van der Waals surface area contributed by atoms with Gasteiger partial charge in [0.05, 0.1) is 28.0 Å². The van der Waals surface area contributed by atoms with Crippen molar-refractivity contribution in [3.8, 4) is 0 Å². The molecule has 0 atom stereocenters. The van der Waals surface area contributed by atoms with E-state index in [-0.39, 0.29) is 0 Å². The summed E-state index contributed by atoms with van der Waals surface area (Å²) in [6.07, 6.45) is 1.07. The predicted molar refractivity (Wildman–Crippen MR) is 91.4 cm³/mol. The molecule has 21 heavy (non-hydrogen) atoms. The van der Waals surface area contributed by atoms with Gasteiger partial charge in [0.15, 0.2) is 4.67 Å². The Bertz CT molecular complexity index is 742. The average Bonchev–Trinajstić information content (AvgIpc) is 2.68. The summed E-state index contributed by atoms with van der Waals surface area (Å²) in [5.41, 5.74) is 1.09. The van der Waals surface area contributed by atoms with Crippen LogP contribution in [0.25, 0.3) is 0 Å². The molecule has 1 aromatic carbocycles. The number of benzene rings is 1. The Kier molecular flexibility index (Phi) is 5.24. The topological polar surface area (TPSA) is 71.3 Å². The molecule has 0 spiro atoms. The summed E-state index contributed by atoms with van der Waals surface area (Å²) in [5.74, 6) is 0.739. The smallest absolute Gasteiger partial charge is 0.229 e. The third-order valence-corrected chi connectivity index (χ3v) is 5.04. The van der Waals surface area contributed by atoms with E-state index in [0.29, 0.717) is 21.9 Å². The molecule has 5 nitrogen and oxygen atoms in total. The van der Waals surface area contributed by atoms with E-state index in [9.17, 15) is 8.42 Å². The van der Waals surface area contributed by atoms with Crippen LogP contribution >= 0.6 is 43.5 Å². The number of nitrogens with one attached hydrogen (secondary N) is 2. The highest BCUT2D eigenvalue weighted by atomic mass is 79.9. The second kappa shape index (κ2) is 6.60. The molecule has 0 bridgehead atoms. The molecule has 0 radical (unpaired) electrons. The van der Waals surface area contributed by atoms with Gasteiger partial charge in [-0.25, -0.2) is 8.42 Å². The first-order valence-corrected chi connectivity index (χ1v) is 9.55. The summed E-state index contributed by atoms with van der Waals surface area (Å²) >= 11 is 12.6. The summed E-state index contributed by atoms with van der Waals surface area (Å²) < 4.78 is 31.6. The lowest BCUT2D eigenvalue weighted by molar-refractivity contribution is 0.494. The van der Waals surface area contributed by atoms with Crippen LogP contribution in [0.2, 0.25) is 5.02 Å². The zero-order valence-corrected chi connectivity index (χ0v) is 15.5. The fraction of sp³-hybridized carbons (Fsp3) is 0.167. The minimum atomic E-state index is -3.35. The quantitative estimate of drug-likeness (QED) is 0.695. The van der Waals surface area contributed by atoms with Gasteiger partial charge in [-0.2, -0.15) is 0 Å². The van der Waals surface area contributed by atoms with Crippen LogP contribution < -0.4 is 10.0 Å². The number of furan rings is 1. The van der Waals surface area contributed by atoms with Gasteiger partial charge in [-0.05, 0) is 56.1 Å². The van der Waals surface area contributed by atoms with Crippen LogP contribution in [0.5, 0.6) is 0 Å². The lowest BCUT2D eigenvalue weighted by Crippen LogP contribution is -2.10. The van der Waals surface area contributed by atoms with Crippen molar-refractivity contribution in [2.24, 2.45) is 0 Å². The second-order valence-corrected chi connectivity index (χ2v) is 7.99. The lowest BCUT2D eigenvalue weighted by Gasteiger charge is -2.09. The van der Waals surface area contributed by atoms with E-state index in [0.717, 1.165) is 22.2 Å². The number of sulfonamides is 1. The highest BCUT2D eigenvalue weighted by molar-refractivity contribution is 9.13. The molecular weight excluding hydrogens is 447 g/mol. The van der Waals surface area contributed by atoms with Crippen molar-refractivity contribution in [3.05, 3.63) is 44.2 Å². The van der Waals surface area contributed by atoms with Gasteiger partial charge >= 0.3 is 0 Å². The minimum Gasteiger partial charge on any atom is -0.451 e. The predicted octanol–water partition coefficient (Wildman–Crippen LogP) is 4.44. The maximum Gasteiger partial charge on any atom is 0.229 e. The highest BCUT2D eigenvalue weighted by Crippen LogP contribution is 2.29. The Morgan fingerprint density at radius 3 is 2.52 bits per heavy atom. The van der Waals surface area contributed by atoms with Crippen LogP contribution in [0.15, 0.2) is 37.8 Å². The molecule has 2 rings (SSSR count). The van der Waals surface area contributed by atoms with E-state index in [4.69, 9.17) is 16.0 Å². The molecule has 0 aliphatic carbocycles. The second-order valence-electron chi connectivity index (χ2n) is 4.26. The van der Waals surface area contributed by atoms with E-state index < -0.39 is 10.0 Å². The monoisotopic (exact) mass is 456 g/mol. The molecule has 0 saturated carbocycles. The molecule has 2 N–H and O–H groups in total. The zero-order valence-electron chi connectivity index (χ0n) is 10.8. The lowest BCUT2D eigenvalue weighted by atomic mass is 10.3. The van der Waals surface area contributed by atoms with Crippen molar-refractivity contribution in [1.29, 1.82) is 0 Å². The first kappa shape index (κ1) is 16.7. The van der Waals surface area contributed by atoms with E-state index in [1.807, 2.05) is 6.07 Å². The Labute approximate surface area is 144 Å². The SMILES string of the molecule is CS(=O)(=O)Nc1ccc(NCc2cc(Br)c(Br)o2)cc1Cl. The fourth-order valence-electron chi connectivity index (χ4n) is 1.58. The molecule has 0 fully saturated rings. The standard InChI is InChI=1S/C12H11Br2ClN2O3S/c1-21(18,19)17-11-3-2-7(4-10(11)15)16-6-8-5-9(13)12(14)20-8/h2-5,16-17H,6H2,1H3. The normalized spacial score (nSPS) is 11.4. The van der Waals surface area contributed by atoms with Gasteiger partial charge in [-0.3, -0.25) is 4.72 Å². The number of anilines is 2. The Balaban J connectivity index is 2.06. The van der Waals surface area contributed by atoms with E-state index in [2.05, 4.69) is 41.9 Å². The van der Waals surface area contributed by atoms with E-state index in [1.165, 1.54) is 0 Å². The van der Waals surface area contributed by atoms with Crippen LogP contribution in [-0.2, 0) is 16.6 Å². The zero-order chi connectivity index (χ0) is 15.6. The van der Waals surface area contributed by atoms with Gasteiger partial charge in [0, 0.05) is 5.69 Å². The van der Waals surface area contributed by atoms with Gasteiger partial charge in [0.25, 0.3) is 0 Å². The van der Waals surface area contributed by atoms with Gasteiger partial charge in [0.1, 0.15) is 5.76 Å². The molecule has 0 amide bonds. The van der Waals surface area contributed by atoms with Crippen molar-refractivity contribution < 1.29 is 12.8 Å². The first-order valence-electron chi connectivity index (χ1n) is 5.69. The van der Waals surface area contributed by atoms with Crippen molar-refractivity contribution in [2.75, 3.05) is 16.3 Å². The largest absolute Gasteiger partial charge is 0.451 e. The van der Waals surface area contributed by atoms with Gasteiger partial charge in [-0.15, -0.1) is 0 Å². The number of hydrogen-bond acceptors (Lipinski definition) is 4. The summed E-state index contributed by atoms with van der Waals surface area (Å²) in [6, 6.07) is 6.81.